The lowest BCUT2D eigenvalue weighted by molar-refractivity contribution is -0.122. The Bertz CT molecular complexity index is 864. The van der Waals surface area contributed by atoms with E-state index in [-0.39, 0.29) is 11.9 Å². The molecular formula is C21H24ClNO4S. The Kier molecular flexibility index (Phi) is 6.97. The first kappa shape index (κ1) is 20.7. The Labute approximate surface area is 174 Å². The van der Waals surface area contributed by atoms with Crippen LogP contribution in [-0.4, -0.2) is 24.6 Å². The van der Waals surface area contributed by atoms with Gasteiger partial charge in [-0.3, -0.25) is 4.79 Å². The maximum absolute atomic E-state index is 12.7. The Morgan fingerprint density at radius 2 is 2.04 bits per heavy atom. The minimum absolute atomic E-state index is 0.297. The number of halogens is 1. The molecule has 28 heavy (non-hydrogen) atoms. The fourth-order valence-corrected chi connectivity index (χ4v) is 4.72. The molecule has 0 saturated carbocycles. The summed E-state index contributed by atoms with van der Waals surface area (Å²) in [6, 6.07) is 6.90. The van der Waals surface area contributed by atoms with E-state index in [4.69, 9.17) is 21.1 Å². The normalized spacial score (nSPS) is 14.5. The van der Waals surface area contributed by atoms with Crippen molar-refractivity contribution in [3.05, 3.63) is 45.3 Å². The molecule has 1 aromatic carbocycles. The number of hydrogen-bond donors (Lipinski definition) is 1. The summed E-state index contributed by atoms with van der Waals surface area (Å²) < 4.78 is 10.9. The van der Waals surface area contributed by atoms with Crippen molar-refractivity contribution in [3.8, 4) is 5.75 Å². The molecule has 0 saturated heterocycles. The van der Waals surface area contributed by atoms with Crippen LogP contribution < -0.4 is 10.1 Å². The number of carbonyl (C=O) groups excluding carboxylic acids is 2. The number of thiophene rings is 1. The lowest BCUT2D eigenvalue weighted by Crippen LogP contribution is -2.30. The fraction of sp³-hybridized carbons (Fsp3) is 0.429. The molecule has 1 aromatic heterocycles. The quantitative estimate of drug-likeness (QED) is 0.510. The van der Waals surface area contributed by atoms with Crippen molar-refractivity contribution in [1.29, 1.82) is 0 Å². The molecule has 150 valence electrons. The van der Waals surface area contributed by atoms with Crippen LogP contribution >= 0.6 is 22.9 Å². The van der Waals surface area contributed by atoms with Crippen LogP contribution in [0, 0.1) is 0 Å². The predicted octanol–water partition coefficient (Wildman–Crippen LogP) is 5.25. The second-order valence-corrected chi connectivity index (χ2v) is 8.24. The summed E-state index contributed by atoms with van der Waals surface area (Å²) in [4.78, 5) is 26.4. The van der Waals surface area contributed by atoms with Crippen molar-refractivity contribution in [2.24, 2.45) is 0 Å². The highest BCUT2D eigenvalue weighted by Gasteiger charge is 2.27. The van der Waals surface area contributed by atoms with Gasteiger partial charge in [-0.2, -0.15) is 0 Å². The van der Waals surface area contributed by atoms with Crippen LogP contribution in [0.1, 0.15) is 53.9 Å². The zero-order valence-electron chi connectivity index (χ0n) is 16.0. The summed E-state index contributed by atoms with van der Waals surface area (Å²) in [6.45, 7) is 3.74. The highest BCUT2D eigenvalue weighted by Crippen LogP contribution is 2.38. The van der Waals surface area contributed by atoms with Gasteiger partial charge in [-0.15, -0.1) is 11.3 Å². The standard InChI is InChI=1S/C21H24ClNO4S/c1-3-26-21(25)18-16-10-5-4-6-11-17(16)28-20(18)23-19(24)13(2)27-15-9-7-8-14(22)12-15/h7-9,12-13H,3-6,10-11H2,1-2H3,(H,23,24). The molecule has 1 unspecified atom stereocenters. The SMILES string of the molecule is CCOC(=O)c1c(NC(=O)C(C)Oc2cccc(Cl)c2)sc2c1CCCCC2. The third kappa shape index (κ3) is 4.86. The molecule has 0 fully saturated rings. The van der Waals surface area contributed by atoms with E-state index in [1.54, 1.807) is 38.1 Å². The molecule has 0 radical (unpaired) electrons. The molecule has 1 aliphatic rings. The van der Waals surface area contributed by atoms with E-state index in [2.05, 4.69) is 5.32 Å². The predicted molar refractivity (Wildman–Crippen MR) is 112 cm³/mol. The minimum Gasteiger partial charge on any atom is -0.481 e. The molecule has 1 atom stereocenters. The van der Waals surface area contributed by atoms with Crippen molar-refractivity contribution in [2.75, 3.05) is 11.9 Å². The van der Waals surface area contributed by atoms with Crippen molar-refractivity contribution < 1.29 is 19.1 Å². The van der Waals surface area contributed by atoms with Crippen molar-refractivity contribution >= 4 is 39.8 Å². The van der Waals surface area contributed by atoms with Gasteiger partial charge in [0, 0.05) is 9.90 Å². The van der Waals surface area contributed by atoms with Gasteiger partial charge in [0.25, 0.3) is 5.91 Å². The number of anilines is 1. The van der Waals surface area contributed by atoms with E-state index in [9.17, 15) is 9.59 Å². The number of amides is 1. The van der Waals surface area contributed by atoms with Crippen LogP contribution in [0.25, 0.3) is 0 Å². The first-order chi connectivity index (χ1) is 13.5. The van der Waals surface area contributed by atoms with Crippen LogP contribution in [0.15, 0.2) is 24.3 Å². The summed E-state index contributed by atoms with van der Waals surface area (Å²) in [5, 5.41) is 3.97. The van der Waals surface area contributed by atoms with Gasteiger partial charge in [0.1, 0.15) is 10.8 Å². The number of esters is 1. The number of aryl methyl sites for hydroxylation is 1. The zero-order valence-corrected chi connectivity index (χ0v) is 17.6. The number of ether oxygens (including phenoxy) is 2. The van der Waals surface area contributed by atoms with Gasteiger partial charge in [0.05, 0.1) is 12.2 Å². The van der Waals surface area contributed by atoms with Crippen molar-refractivity contribution in [3.63, 3.8) is 0 Å². The van der Waals surface area contributed by atoms with Gasteiger partial charge in [-0.1, -0.05) is 24.1 Å². The van der Waals surface area contributed by atoms with Gasteiger partial charge in [0.15, 0.2) is 6.10 Å². The average molecular weight is 422 g/mol. The molecule has 1 amide bonds. The van der Waals surface area contributed by atoms with E-state index in [0.717, 1.165) is 37.7 Å². The van der Waals surface area contributed by atoms with E-state index in [1.807, 2.05) is 0 Å². The monoisotopic (exact) mass is 421 g/mol. The van der Waals surface area contributed by atoms with Crippen molar-refractivity contribution in [1.82, 2.24) is 0 Å². The molecule has 0 bridgehead atoms. The van der Waals surface area contributed by atoms with Gasteiger partial charge < -0.3 is 14.8 Å². The van der Waals surface area contributed by atoms with Gasteiger partial charge in [-0.25, -0.2) is 4.79 Å². The van der Waals surface area contributed by atoms with Gasteiger partial charge in [0.2, 0.25) is 0 Å². The first-order valence-electron chi connectivity index (χ1n) is 9.54. The van der Waals surface area contributed by atoms with Crippen LogP contribution in [0.5, 0.6) is 5.75 Å². The number of hydrogen-bond acceptors (Lipinski definition) is 5. The van der Waals surface area contributed by atoms with Crippen molar-refractivity contribution in [2.45, 2.75) is 52.1 Å². The molecule has 7 heteroatoms. The number of fused-ring (bicyclic) bond motifs is 1. The average Bonchev–Trinajstić information content (AvgIpc) is 2.82. The zero-order chi connectivity index (χ0) is 20.1. The fourth-order valence-electron chi connectivity index (χ4n) is 3.26. The Hall–Kier alpha value is -2.05. The third-order valence-electron chi connectivity index (χ3n) is 4.62. The molecular weight excluding hydrogens is 398 g/mol. The smallest absolute Gasteiger partial charge is 0.341 e. The lowest BCUT2D eigenvalue weighted by Gasteiger charge is -2.15. The highest BCUT2D eigenvalue weighted by atomic mass is 35.5. The molecule has 1 heterocycles. The molecule has 0 spiro atoms. The van der Waals surface area contributed by atoms with E-state index >= 15 is 0 Å². The van der Waals surface area contributed by atoms with Crippen LogP contribution in [0.3, 0.4) is 0 Å². The summed E-state index contributed by atoms with van der Waals surface area (Å²) in [6.07, 6.45) is 4.31. The Balaban J connectivity index is 1.80. The second-order valence-electron chi connectivity index (χ2n) is 6.70. The molecule has 0 aliphatic heterocycles. The number of carbonyl (C=O) groups is 2. The summed E-state index contributed by atoms with van der Waals surface area (Å²) in [7, 11) is 0. The molecule has 1 aliphatic carbocycles. The van der Waals surface area contributed by atoms with E-state index < -0.39 is 6.10 Å². The number of benzene rings is 1. The van der Waals surface area contributed by atoms with Crippen LogP contribution in [-0.2, 0) is 22.4 Å². The molecule has 1 N–H and O–H groups in total. The first-order valence-corrected chi connectivity index (χ1v) is 10.7. The minimum atomic E-state index is -0.740. The molecule has 2 aromatic rings. The maximum atomic E-state index is 12.7. The van der Waals surface area contributed by atoms with Crippen LogP contribution in [0.4, 0.5) is 5.00 Å². The molecule has 3 rings (SSSR count). The summed E-state index contributed by atoms with van der Waals surface area (Å²) in [5.74, 6) is -0.176. The summed E-state index contributed by atoms with van der Waals surface area (Å²) >= 11 is 7.44. The number of rotatable bonds is 6. The van der Waals surface area contributed by atoms with Gasteiger partial charge >= 0.3 is 5.97 Å². The Morgan fingerprint density at radius 1 is 1.25 bits per heavy atom. The van der Waals surface area contributed by atoms with E-state index in [0.29, 0.717) is 27.9 Å². The highest BCUT2D eigenvalue weighted by molar-refractivity contribution is 7.17. The second kappa shape index (κ2) is 9.43. The topological polar surface area (TPSA) is 64.6 Å². The maximum Gasteiger partial charge on any atom is 0.341 e. The largest absolute Gasteiger partial charge is 0.481 e. The lowest BCUT2D eigenvalue weighted by atomic mass is 10.1. The number of nitrogens with one attached hydrogen (secondary N) is 1. The van der Waals surface area contributed by atoms with Gasteiger partial charge in [-0.05, 0) is 63.3 Å². The third-order valence-corrected chi connectivity index (χ3v) is 6.06. The Morgan fingerprint density at radius 3 is 2.79 bits per heavy atom. The van der Waals surface area contributed by atoms with E-state index in [1.165, 1.54) is 16.2 Å². The molecule has 5 nitrogen and oxygen atoms in total. The van der Waals surface area contributed by atoms with Crippen LogP contribution in [0.2, 0.25) is 5.02 Å². The summed E-state index contributed by atoms with van der Waals surface area (Å²) in [5.41, 5.74) is 1.53.